The highest BCUT2D eigenvalue weighted by atomic mass is 16.5. The van der Waals surface area contributed by atoms with E-state index in [1.165, 1.54) is 0 Å². The first-order valence-corrected chi connectivity index (χ1v) is 5.94. The second kappa shape index (κ2) is 5.06. The maximum absolute atomic E-state index is 9.20. The Morgan fingerprint density at radius 1 is 1.16 bits per heavy atom. The predicted molar refractivity (Wildman–Crippen MR) is 69.5 cm³/mol. The Morgan fingerprint density at radius 2 is 1.89 bits per heavy atom. The molecule has 0 aromatic carbocycles. The van der Waals surface area contributed by atoms with Crippen LogP contribution in [-0.2, 0) is 6.54 Å². The topological polar surface area (TPSA) is 87.6 Å². The first-order valence-electron chi connectivity index (χ1n) is 5.94. The first kappa shape index (κ1) is 13.0. The Bertz CT molecular complexity index is 634. The fraction of sp³-hybridized carbons (Fsp3) is 0.385. The van der Waals surface area contributed by atoms with Gasteiger partial charge in [-0.05, 0) is 33.3 Å². The third kappa shape index (κ3) is 2.40. The summed E-state index contributed by atoms with van der Waals surface area (Å²) in [7, 11) is 0. The average Bonchev–Trinajstić information content (AvgIpc) is 2.71. The van der Waals surface area contributed by atoms with E-state index in [-0.39, 0.29) is 0 Å². The van der Waals surface area contributed by atoms with Gasteiger partial charge in [-0.2, -0.15) is 10.4 Å². The Kier molecular flexibility index (Phi) is 3.47. The summed E-state index contributed by atoms with van der Waals surface area (Å²) in [4.78, 5) is 0. The van der Waals surface area contributed by atoms with Crippen molar-refractivity contribution >= 4 is 5.82 Å². The van der Waals surface area contributed by atoms with Gasteiger partial charge >= 0.3 is 0 Å². The van der Waals surface area contributed by atoms with Crippen LogP contribution < -0.4 is 5.32 Å². The highest BCUT2D eigenvalue weighted by molar-refractivity contribution is 5.56. The molecule has 0 atom stereocenters. The number of nitrogens with one attached hydrogen (secondary N) is 1. The molecule has 0 spiro atoms. The number of aromatic nitrogens is 3. The lowest BCUT2D eigenvalue weighted by molar-refractivity contribution is 0.392. The van der Waals surface area contributed by atoms with Crippen molar-refractivity contribution in [3.8, 4) is 6.07 Å². The van der Waals surface area contributed by atoms with E-state index in [4.69, 9.17) is 4.52 Å². The van der Waals surface area contributed by atoms with E-state index in [0.29, 0.717) is 17.9 Å². The molecule has 2 heterocycles. The molecule has 0 unspecified atom stereocenters. The largest absolute Gasteiger partial charge is 0.363 e. The van der Waals surface area contributed by atoms with Gasteiger partial charge < -0.3 is 9.84 Å². The molecular formula is C13H15N5O. The summed E-state index contributed by atoms with van der Waals surface area (Å²) < 4.78 is 5.09. The van der Waals surface area contributed by atoms with Crippen molar-refractivity contribution in [1.82, 2.24) is 15.4 Å². The lowest BCUT2D eigenvalue weighted by atomic mass is 10.1. The van der Waals surface area contributed by atoms with E-state index in [1.54, 1.807) is 0 Å². The van der Waals surface area contributed by atoms with Gasteiger partial charge in [0.1, 0.15) is 17.4 Å². The van der Waals surface area contributed by atoms with Crippen molar-refractivity contribution in [1.29, 1.82) is 5.26 Å². The molecule has 0 amide bonds. The summed E-state index contributed by atoms with van der Waals surface area (Å²) in [5.41, 5.74) is 3.95. The molecule has 0 saturated carbocycles. The molecule has 19 heavy (non-hydrogen) atoms. The Morgan fingerprint density at radius 3 is 2.47 bits per heavy atom. The van der Waals surface area contributed by atoms with Gasteiger partial charge in [0.25, 0.3) is 0 Å². The van der Waals surface area contributed by atoms with Gasteiger partial charge in [0.05, 0.1) is 11.4 Å². The van der Waals surface area contributed by atoms with Crippen molar-refractivity contribution in [3.63, 3.8) is 0 Å². The van der Waals surface area contributed by atoms with E-state index in [2.05, 4.69) is 26.7 Å². The smallest absolute Gasteiger partial charge is 0.167 e. The van der Waals surface area contributed by atoms with Crippen LogP contribution in [-0.4, -0.2) is 15.4 Å². The number of rotatable bonds is 3. The zero-order valence-electron chi connectivity index (χ0n) is 11.4. The standard InChI is InChI=1S/C13H15N5O/c1-7-8(2)16-17-13(11(7)5-14)15-6-12-9(3)18-19-10(12)4/h6H2,1-4H3,(H,15,17). The maximum Gasteiger partial charge on any atom is 0.167 e. The van der Waals surface area contributed by atoms with Gasteiger partial charge in [-0.1, -0.05) is 5.16 Å². The minimum absolute atomic E-state index is 0.491. The number of hydrogen-bond acceptors (Lipinski definition) is 6. The lowest BCUT2D eigenvalue weighted by Gasteiger charge is -2.09. The van der Waals surface area contributed by atoms with E-state index in [1.807, 2.05) is 27.7 Å². The molecule has 0 saturated heterocycles. The highest BCUT2D eigenvalue weighted by Crippen LogP contribution is 2.19. The molecule has 98 valence electrons. The predicted octanol–water partition coefficient (Wildman–Crippen LogP) is 2.18. The van der Waals surface area contributed by atoms with Crippen LogP contribution in [0.15, 0.2) is 4.52 Å². The van der Waals surface area contributed by atoms with Crippen LogP contribution in [0.4, 0.5) is 5.82 Å². The van der Waals surface area contributed by atoms with E-state index < -0.39 is 0 Å². The minimum atomic E-state index is 0.491. The maximum atomic E-state index is 9.20. The van der Waals surface area contributed by atoms with Crippen LogP contribution in [0, 0.1) is 39.0 Å². The van der Waals surface area contributed by atoms with Gasteiger partial charge in [-0.25, -0.2) is 0 Å². The molecular weight excluding hydrogens is 242 g/mol. The van der Waals surface area contributed by atoms with Crippen molar-refractivity contribution in [2.75, 3.05) is 5.32 Å². The fourth-order valence-electron chi connectivity index (χ4n) is 1.80. The number of nitriles is 1. The zero-order chi connectivity index (χ0) is 14.0. The Labute approximate surface area is 111 Å². The normalized spacial score (nSPS) is 10.3. The van der Waals surface area contributed by atoms with Crippen LogP contribution >= 0.6 is 0 Å². The van der Waals surface area contributed by atoms with Crippen LogP contribution in [0.5, 0.6) is 0 Å². The van der Waals surface area contributed by atoms with E-state index in [0.717, 1.165) is 28.3 Å². The lowest BCUT2D eigenvalue weighted by Crippen LogP contribution is -2.08. The SMILES string of the molecule is Cc1nnc(NCc2c(C)noc2C)c(C#N)c1C. The quantitative estimate of drug-likeness (QED) is 0.906. The molecule has 6 nitrogen and oxygen atoms in total. The molecule has 0 fully saturated rings. The second-order valence-electron chi connectivity index (χ2n) is 4.40. The number of nitrogens with zero attached hydrogens (tertiary/aromatic N) is 4. The van der Waals surface area contributed by atoms with Gasteiger partial charge in [-0.15, -0.1) is 5.10 Å². The molecule has 0 aliphatic carbocycles. The Balaban J connectivity index is 2.26. The van der Waals surface area contributed by atoms with E-state index >= 15 is 0 Å². The van der Waals surface area contributed by atoms with Gasteiger partial charge in [0.15, 0.2) is 5.82 Å². The van der Waals surface area contributed by atoms with Crippen molar-refractivity contribution in [2.24, 2.45) is 0 Å². The summed E-state index contributed by atoms with van der Waals surface area (Å²) in [6, 6.07) is 2.16. The second-order valence-corrected chi connectivity index (χ2v) is 4.40. The summed E-state index contributed by atoms with van der Waals surface area (Å²) >= 11 is 0. The van der Waals surface area contributed by atoms with Crippen molar-refractivity contribution < 1.29 is 4.52 Å². The van der Waals surface area contributed by atoms with Gasteiger partial charge in [0.2, 0.25) is 0 Å². The van der Waals surface area contributed by atoms with Crippen LogP contribution in [0.25, 0.3) is 0 Å². The summed E-state index contributed by atoms with van der Waals surface area (Å²) in [5, 5.41) is 24.3. The third-order valence-corrected chi connectivity index (χ3v) is 3.18. The first-order chi connectivity index (χ1) is 9.04. The number of anilines is 1. The molecule has 0 aliphatic heterocycles. The average molecular weight is 257 g/mol. The van der Waals surface area contributed by atoms with Crippen LogP contribution in [0.3, 0.4) is 0 Å². The molecule has 1 N–H and O–H groups in total. The molecule has 2 aromatic rings. The van der Waals surface area contributed by atoms with E-state index in [9.17, 15) is 5.26 Å². The molecule has 6 heteroatoms. The molecule has 0 radical (unpaired) electrons. The van der Waals surface area contributed by atoms with Crippen LogP contribution in [0.2, 0.25) is 0 Å². The fourth-order valence-corrected chi connectivity index (χ4v) is 1.80. The van der Waals surface area contributed by atoms with Crippen molar-refractivity contribution in [2.45, 2.75) is 34.2 Å². The van der Waals surface area contributed by atoms with Crippen molar-refractivity contribution in [3.05, 3.63) is 33.8 Å². The van der Waals surface area contributed by atoms with Gasteiger partial charge in [-0.3, -0.25) is 0 Å². The number of aryl methyl sites for hydroxylation is 3. The highest BCUT2D eigenvalue weighted by Gasteiger charge is 2.13. The zero-order valence-corrected chi connectivity index (χ0v) is 11.4. The molecule has 2 aromatic heterocycles. The minimum Gasteiger partial charge on any atom is -0.363 e. The summed E-state index contributed by atoms with van der Waals surface area (Å²) in [6.45, 7) is 7.94. The van der Waals surface area contributed by atoms with Crippen LogP contribution in [0.1, 0.15) is 33.8 Å². The monoisotopic (exact) mass is 257 g/mol. The van der Waals surface area contributed by atoms with Gasteiger partial charge in [0, 0.05) is 12.1 Å². The number of hydrogen-bond donors (Lipinski definition) is 1. The third-order valence-electron chi connectivity index (χ3n) is 3.18. The summed E-state index contributed by atoms with van der Waals surface area (Å²) in [6.07, 6.45) is 0. The summed E-state index contributed by atoms with van der Waals surface area (Å²) in [5.74, 6) is 1.26. The molecule has 0 bridgehead atoms. The molecule has 0 aliphatic rings. The Hall–Kier alpha value is -2.42. The molecule has 2 rings (SSSR count).